The van der Waals surface area contributed by atoms with E-state index in [-0.39, 0.29) is 5.41 Å². The van der Waals surface area contributed by atoms with Crippen LogP contribution in [0.2, 0.25) is 0 Å². The van der Waals surface area contributed by atoms with E-state index in [9.17, 15) is 0 Å². The van der Waals surface area contributed by atoms with Crippen LogP contribution in [-0.2, 0) is 6.54 Å². The Morgan fingerprint density at radius 2 is 2.06 bits per heavy atom. The lowest BCUT2D eigenvalue weighted by atomic mass is 9.86. The zero-order valence-electron chi connectivity index (χ0n) is 12.6. The lowest BCUT2D eigenvalue weighted by Crippen LogP contribution is -2.47. The molecule has 0 saturated carbocycles. The van der Waals surface area contributed by atoms with Crippen LogP contribution < -0.4 is 5.32 Å². The molecule has 18 heavy (non-hydrogen) atoms. The largest absolute Gasteiger partial charge is 0.336 e. The second-order valence-corrected chi connectivity index (χ2v) is 6.39. The van der Waals surface area contributed by atoms with Crippen molar-refractivity contribution in [2.45, 2.75) is 72.5 Å². The Kier molecular flexibility index (Phi) is 5.86. The second kappa shape index (κ2) is 6.93. The maximum Gasteiger partial charge on any atom is 0.0946 e. The van der Waals surface area contributed by atoms with E-state index >= 15 is 0 Å². The van der Waals surface area contributed by atoms with Crippen LogP contribution in [0.4, 0.5) is 0 Å². The SMILES string of the molecule is CCCCC(C)NC(Cn1ccnc1)C(C)(C)C. The Morgan fingerprint density at radius 3 is 2.56 bits per heavy atom. The smallest absolute Gasteiger partial charge is 0.0946 e. The van der Waals surface area contributed by atoms with Crippen molar-refractivity contribution >= 4 is 0 Å². The first-order valence-electron chi connectivity index (χ1n) is 7.15. The normalized spacial score (nSPS) is 15.6. The molecule has 1 N–H and O–H groups in total. The molecule has 0 fully saturated rings. The zero-order valence-corrected chi connectivity index (χ0v) is 12.6. The molecular formula is C15H29N3. The molecule has 0 aliphatic heterocycles. The molecule has 0 amide bonds. The van der Waals surface area contributed by atoms with Gasteiger partial charge >= 0.3 is 0 Å². The molecular weight excluding hydrogens is 222 g/mol. The van der Waals surface area contributed by atoms with E-state index in [1.54, 1.807) is 0 Å². The Labute approximate surface area is 112 Å². The Balaban J connectivity index is 2.56. The van der Waals surface area contributed by atoms with Crippen molar-refractivity contribution < 1.29 is 0 Å². The van der Waals surface area contributed by atoms with Gasteiger partial charge < -0.3 is 9.88 Å². The topological polar surface area (TPSA) is 29.9 Å². The summed E-state index contributed by atoms with van der Waals surface area (Å²) in [6, 6.07) is 1.05. The van der Waals surface area contributed by atoms with Crippen molar-refractivity contribution in [3.8, 4) is 0 Å². The Bertz CT molecular complexity index is 311. The van der Waals surface area contributed by atoms with Gasteiger partial charge in [0.1, 0.15) is 0 Å². The average molecular weight is 251 g/mol. The van der Waals surface area contributed by atoms with Gasteiger partial charge in [-0.3, -0.25) is 0 Å². The molecule has 104 valence electrons. The van der Waals surface area contributed by atoms with E-state index in [0.717, 1.165) is 6.54 Å². The lowest BCUT2D eigenvalue weighted by molar-refractivity contribution is 0.221. The van der Waals surface area contributed by atoms with Crippen molar-refractivity contribution in [1.82, 2.24) is 14.9 Å². The minimum absolute atomic E-state index is 0.255. The molecule has 1 aromatic heterocycles. The minimum atomic E-state index is 0.255. The third-order valence-electron chi connectivity index (χ3n) is 3.47. The van der Waals surface area contributed by atoms with Gasteiger partial charge in [0.05, 0.1) is 6.33 Å². The van der Waals surface area contributed by atoms with Crippen molar-refractivity contribution in [2.75, 3.05) is 0 Å². The molecule has 2 unspecified atom stereocenters. The molecule has 3 heteroatoms. The Morgan fingerprint density at radius 1 is 1.33 bits per heavy atom. The fourth-order valence-electron chi connectivity index (χ4n) is 2.12. The molecule has 0 spiro atoms. The predicted octanol–water partition coefficient (Wildman–Crippen LogP) is 3.47. The highest BCUT2D eigenvalue weighted by Gasteiger charge is 2.25. The van der Waals surface area contributed by atoms with Gasteiger partial charge in [0.25, 0.3) is 0 Å². The fourth-order valence-corrected chi connectivity index (χ4v) is 2.12. The van der Waals surface area contributed by atoms with E-state index in [1.807, 2.05) is 18.7 Å². The predicted molar refractivity (Wildman–Crippen MR) is 77.6 cm³/mol. The summed E-state index contributed by atoms with van der Waals surface area (Å²) in [5.41, 5.74) is 0.255. The molecule has 1 aromatic rings. The van der Waals surface area contributed by atoms with E-state index in [0.29, 0.717) is 12.1 Å². The number of nitrogens with zero attached hydrogens (tertiary/aromatic N) is 2. The van der Waals surface area contributed by atoms with E-state index < -0.39 is 0 Å². The number of rotatable bonds is 7. The van der Waals surface area contributed by atoms with Crippen molar-refractivity contribution in [3.05, 3.63) is 18.7 Å². The summed E-state index contributed by atoms with van der Waals surface area (Å²) in [6.07, 6.45) is 9.62. The summed E-state index contributed by atoms with van der Waals surface area (Å²) >= 11 is 0. The summed E-state index contributed by atoms with van der Waals surface area (Å²) in [6.45, 7) is 12.4. The number of unbranched alkanes of at least 4 members (excludes halogenated alkanes) is 1. The van der Waals surface area contributed by atoms with E-state index in [1.165, 1.54) is 19.3 Å². The van der Waals surface area contributed by atoms with Gasteiger partial charge in [-0.1, -0.05) is 40.5 Å². The van der Waals surface area contributed by atoms with Gasteiger partial charge in [-0.05, 0) is 18.8 Å². The monoisotopic (exact) mass is 251 g/mol. The molecule has 0 aliphatic rings. The molecule has 3 nitrogen and oxygen atoms in total. The maximum atomic E-state index is 4.12. The summed E-state index contributed by atoms with van der Waals surface area (Å²) in [5, 5.41) is 3.78. The van der Waals surface area contributed by atoms with E-state index in [4.69, 9.17) is 0 Å². The molecule has 0 radical (unpaired) electrons. The number of imidazole rings is 1. The molecule has 1 rings (SSSR count). The van der Waals surface area contributed by atoms with Crippen LogP contribution in [0.15, 0.2) is 18.7 Å². The lowest BCUT2D eigenvalue weighted by Gasteiger charge is -2.34. The molecule has 1 heterocycles. The van der Waals surface area contributed by atoms with Crippen molar-refractivity contribution in [2.24, 2.45) is 5.41 Å². The third-order valence-corrected chi connectivity index (χ3v) is 3.47. The van der Waals surface area contributed by atoms with Crippen LogP contribution in [0.5, 0.6) is 0 Å². The van der Waals surface area contributed by atoms with Gasteiger partial charge in [0, 0.05) is 31.0 Å². The van der Waals surface area contributed by atoms with Gasteiger partial charge in [-0.15, -0.1) is 0 Å². The standard InChI is InChI=1S/C15H29N3/c1-6-7-8-13(2)17-14(15(3,4)5)11-18-10-9-16-12-18/h9-10,12-14,17H,6-8,11H2,1-5H3. The highest BCUT2D eigenvalue weighted by Crippen LogP contribution is 2.21. The van der Waals surface area contributed by atoms with Gasteiger partial charge in [0.15, 0.2) is 0 Å². The first-order chi connectivity index (χ1) is 8.43. The number of aromatic nitrogens is 2. The van der Waals surface area contributed by atoms with Gasteiger partial charge in [-0.2, -0.15) is 0 Å². The summed E-state index contributed by atoms with van der Waals surface area (Å²) in [5.74, 6) is 0. The van der Waals surface area contributed by atoms with Crippen LogP contribution in [0, 0.1) is 5.41 Å². The third kappa shape index (κ3) is 5.21. The summed E-state index contributed by atoms with van der Waals surface area (Å²) in [4.78, 5) is 4.12. The van der Waals surface area contributed by atoms with Crippen molar-refractivity contribution in [3.63, 3.8) is 0 Å². The van der Waals surface area contributed by atoms with Crippen molar-refractivity contribution in [1.29, 1.82) is 0 Å². The van der Waals surface area contributed by atoms with Gasteiger partial charge in [0.2, 0.25) is 0 Å². The Hall–Kier alpha value is -0.830. The molecule has 0 aliphatic carbocycles. The first-order valence-corrected chi connectivity index (χ1v) is 7.15. The van der Waals surface area contributed by atoms with Crippen LogP contribution in [0.3, 0.4) is 0 Å². The zero-order chi connectivity index (χ0) is 13.6. The van der Waals surface area contributed by atoms with Crippen LogP contribution in [-0.4, -0.2) is 21.6 Å². The summed E-state index contributed by atoms with van der Waals surface area (Å²) in [7, 11) is 0. The summed E-state index contributed by atoms with van der Waals surface area (Å²) < 4.78 is 2.16. The van der Waals surface area contributed by atoms with Gasteiger partial charge in [-0.25, -0.2) is 4.98 Å². The van der Waals surface area contributed by atoms with Crippen LogP contribution in [0.1, 0.15) is 53.9 Å². The highest BCUT2D eigenvalue weighted by molar-refractivity contribution is 4.86. The molecule has 0 aromatic carbocycles. The minimum Gasteiger partial charge on any atom is -0.336 e. The fraction of sp³-hybridized carbons (Fsp3) is 0.800. The quantitative estimate of drug-likeness (QED) is 0.804. The van der Waals surface area contributed by atoms with Crippen LogP contribution in [0.25, 0.3) is 0 Å². The molecule has 0 bridgehead atoms. The molecule has 2 atom stereocenters. The second-order valence-electron chi connectivity index (χ2n) is 6.39. The molecule has 0 saturated heterocycles. The van der Waals surface area contributed by atoms with Crippen LogP contribution >= 0.6 is 0 Å². The number of nitrogens with one attached hydrogen (secondary N) is 1. The average Bonchev–Trinajstić information content (AvgIpc) is 2.77. The number of hydrogen-bond acceptors (Lipinski definition) is 2. The number of hydrogen-bond donors (Lipinski definition) is 1. The first kappa shape index (κ1) is 15.2. The highest BCUT2D eigenvalue weighted by atomic mass is 15.1. The maximum absolute atomic E-state index is 4.12. The van der Waals surface area contributed by atoms with E-state index in [2.05, 4.69) is 49.5 Å².